The third-order valence-electron chi connectivity index (χ3n) is 4.90. The summed E-state index contributed by atoms with van der Waals surface area (Å²) in [5.74, 6) is 0.537. The van der Waals surface area contributed by atoms with Gasteiger partial charge in [-0.25, -0.2) is 0 Å². The molecule has 0 radical (unpaired) electrons. The number of nitrogens with zero attached hydrogens (tertiary/aromatic N) is 4. The van der Waals surface area contributed by atoms with Crippen LogP contribution in [-0.2, 0) is 18.3 Å². The molecule has 1 atom stereocenters. The van der Waals surface area contributed by atoms with E-state index in [0.717, 1.165) is 54.3 Å². The standard InChI is InChI=1S/C17H25N5O/c1-11-8-16(19-18-11)14-6-5-7-22(10-14)17(23)9-15-12(2)20-21(4)13(15)3/h8,14H,5-7,9-10H2,1-4H3,(H,18,19). The first kappa shape index (κ1) is 15.8. The lowest BCUT2D eigenvalue weighted by molar-refractivity contribution is -0.131. The normalized spacial score (nSPS) is 18.4. The molecule has 0 aromatic carbocycles. The molecule has 0 spiro atoms. The second-order valence-corrected chi connectivity index (χ2v) is 6.60. The van der Waals surface area contributed by atoms with Crippen LogP contribution in [-0.4, -0.2) is 43.9 Å². The lowest BCUT2D eigenvalue weighted by Crippen LogP contribution is -2.40. The molecule has 1 saturated heterocycles. The van der Waals surface area contributed by atoms with Gasteiger partial charge >= 0.3 is 0 Å². The Morgan fingerprint density at radius 3 is 2.78 bits per heavy atom. The minimum absolute atomic E-state index is 0.196. The smallest absolute Gasteiger partial charge is 0.227 e. The van der Waals surface area contributed by atoms with E-state index >= 15 is 0 Å². The predicted molar refractivity (Wildman–Crippen MR) is 88.3 cm³/mol. The Labute approximate surface area is 136 Å². The minimum Gasteiger partial charge on any atom is -0.342 e. The van der Waals surface area contributed by atoms with E-state index in [1.807, 2.05) is 37.4 Å². The summed E-state index contributed by atoms with van der Waals surface area (Å²) in [6.07, 6.45) is 2.57. The SMILES string of the molecule is Cc1cc(C2CCCN(C(=O)Cc3c(C)nn(C)c3C)C2)n[nH]1. The van der Waals surface area contributed by atoms with Gasteiger partial charge in [-0.05, 0) is 39.7 Å². The van der Waals surface area contributed by atoms with E-state index in [1.165, 1.54) is 0 Å². The summed E-state index contributed by atoms with van der Waals surface area (Å²) in [6.45, 7) is 7.62. The molecule has 6 heteroatoms. The van der Waals surface area contributed by atoms with Crippen molar-refractivity contribution in [2.45, 2.75) is 46.0 Å². The van der Waals surface area contributed by atoms with Crippen LogP contribution in [0.25, 0.3) is 0 Å². The van der Waals surface area contributed by atoms with E-state index in [2.05, 4.69) is 21.4 Å². The monoisotopic (exact) mass is 315 g/mol. The van der Waals surface area contributed by atoms with Gasteiger partial charge in [0, 0.05) is 43.0 Å². The fraction of sp³-hybridized carbons (Fsp3) is 0.588. The summed E-state index contributed by atoms with van der Waals surface area (Å²) < 4.78 is 1.85. The Balaban J connectivity index is 1.70. The molecule has 0 saturated carbocycles. The molecule has 6 nitrogen and oxygen atoms in total. The molecule has 0 aliphatic carbocycles. The van der Waals surface area contributed by atoms with Gasteiger partial charge in [0.1, 0.15) is 0 Å². The van der Waals surface area contributed by atoms with E-state index < -0.39 is 0 Å². The third kappa shape index (κ3) is 3.16. The number of piperidine rings is 1. The van der Waals surface area contributed by atoms with Crippen molar-refractivity contribution in [3.63, 3.8) is 0 Å². The van der Waals surface area contributed by atoms with Crippen molar-refractivity contribution in [1.82, 2.24) is 24.9 Å². The van der Waals surface area contributed by atoms with Crippen LogP contribution in [0.2, 0.25) is 0 Å². The van der Waals surface area contributed by atoms with Crippen LogP contribution in [0.5, 0.6) is 0 Å². The minimum atomic E-state index is 0.196. The van der Waals surface area contributed by atoms with Gasteiger partial charge in [-0.2, -0.15) is 10.2 Å². The number of rotatable bonds is 3. The van der Waals surface area contributed by atoms with E-state index in [4.69, 9.17) is 0 Å². The van der Waals surface area contributed by atoms with Crippen molar-refractivity contribution in [2.24, 2.45) is 7.05 Å². The first-order valence-electron chi connectivity index (χ1n) is 8.24. The zero-order valence-corrected chi connectivity index (χ0v) is 14.4. The van der Waals surface area contributed by atoms with Gasteiger partial charge in [0.25, 0.3) is 0 Å². The number of hydrogen-bond donors (Lipinski definition) is 1. The van der Waals surface area contributed by atoms with Crippen molar-refractivity contribution in [2.75, 3.05) is 13.1 Å². The highest BCUT2D eigenvalue weighted by atomic mass is 16.2. The third-order valence-corrected chi connectivity index (χ3v) is 4.90. The quantitative estimate of drug-likeness (QED) is 0.942. The maximum atomic E-state index is 12.7. The Bertz CT molecular complexity index is 715. The molecule has 3 rings (SSSR count). The number of H-pyrrole nitrogens is 1. The number of aryl methyl sites for hydroxylation is 3. The second-order valence-electron chi connectivity index (χ2n) is 6.60. The fourth-order valence-electron chi connectivity index (χ4n) is 3.43. The van der Waals surface area contributed by atoms with Gasteiger partial charge in [-0.1, -0.05) is 0 Å². The molecule has 1 aliphatic heterocycles. The highest BCUT2D eigenvalue weighted by Crippen LogP contribution is 2.26. The Hall–Kier alpha value is -2.11. The average Bonchev–Trinajstić information content (AvgIpc) is 3.06. The van der Waals surface area contributed by atoms with Crippen LogP contribution in [0, 0.1) is 20.8 Å². The average molecular weight is 315 g/mol. The molecule has 1 amide bonds. The lowest BCUT2D eigenvalue weighted by atomic mass is 9.94. The molecule has 1 fully saturated rings. The van der Waals surface area contributed by atoms with Gasteiger partial charge in [-0.15, -0.1) is 0 Å². The molecule has 0 bridgehead atoms. The molecule has 2 aromatic rings. The van der Waals surface area contributed by atoms with Crippen LogP contribution in [0.4, 0.5) is 0 Å². The van der Waals surface area contributed by atoms with Gasteiger partial charge < -0.3 is 4.90 Å². The van der Waals surface area contributed by atoms with Crippen molar-refractivity contribution in [3.8, 4) is 0 Å². The summed E-state index contributed by atoms with van der Waals surface area (Å²) in [7, 11) is 1.92. The Morgan fingerprint density at radius 1 is 1.39 bits per heavy atom. The van der Waals surface area contributed by atoms with E-state index in [0.29, 0.717) is 12.3 Å². The number of hydrogen-bond acceptors (Lipinski definition) is 3. The predicted octanol–water partition coefficient (Wildman–Crippen LogP) is 2.02. The van der Waals surface area contributed by atoms with E-state index in [-0.39, 0.29) is 5.91 Å². The zero-order valence-electron chi connectivity index (χ0n) is 14.4. The van der Waals surface area contributed by atoms with E-state index in [1.54, 1.807) is 0 Å². The van der Waals surface area contributed by atoms with E-state index in [9.17, 15) is 4.79 Å². The van der Waals surface area contributed by atoms with Crippen molar-refractivity contribution in [3.05, 3.63) is 34.4 Å². The molecule has 23 heavy (non-hydrogen) atoms. The maximum absolute atomic E-state index is 12.7. The van der Waals surface area contributed by atoms with Crippen LogP contribution in [0.15, 0.2) is 6.07 Å². The molecule has 1 unspecified atom stereocenters. The highest BCUT2D eigenvalue weighted by molar-refractivity contribution is 5.79. The zero-order chi connectivity index (χ0) is 16.6. The summed E-state index contributed by atoms with van der Waals surface area (Å²) in [6, 6.07) is 2.09. The topological polar surface area (TPSA) is 66.8 Å². The summed E-state index contributed by atoms with van der Waals surface area (Å²) in [4.78, 5) is 14.7. The van der Waals surface area contributed by atoms with Gasteiger partial charge in [-0.3, -0.25) is 14.6 Å². The van der Waals surface area contributed by atoms with Crippen LogP contribution in [0.1, 0.15) is 47.1 Å². The Morgan fingerprint density at radius 2 is 2.17 bits per heavy atom. The summed E-state index contributed by atoms with van der Waals surface area (Å²) in [5, 5.41) is 11.8. The molecule has 1 aliphatic rings. The van der Waals surface area contributed by atoms with Crippen LogP contribution in [0.3, 0.4) is 0 Å². The van der Waals surface area contributed by atoms with Crippen LogP contribution < -0.4 is 0 Å². The number of aromatic amines is 1. The molecule has 2 aromatic heterocycles. The van der Waals surface area contributed by atoms with Crippen molar-refractivity contribution < 1.29 is 4.79 Å². The number of carbonyl (C=O) groups excluding carboxylic acids is 1. The number of likely N-dealkylation sites (tertiary alicyclic amines) is 1. The first-order chi connectivity index (χ1) is 11.0. The summed E-state index contributed by atoms with van der Waals surface area (Å²) >= 11 is 0. The molecular formula is C17H25N5O. The highest BCUT2D eigenvalue weighted by Gasteiger charge is 2.27. The molecule has 124 valence electrons. The lowest BCUT2D eigenvalue weighted by Gasteiger charge is -2.32. The number of carbonyl (C=O) groups is 1. The molecular weight excluding hydrogens is 290 g/mol. The summed E-state index contributed by atoms with van der Waals surface area (Å²) in [5.41, 5.74) is 5.25. The first-order valence-corrected chi connectivity index (χ1v) is 8.24. The molecule has 1 N–H and O–H groups in total. The number of nitrogens with one attached hydrogen (secondary N) is 1. The number of amides is 1. The number of aromatic nitrogens is 4. The molecule has 3 heterocycles. The maximum Gasteiger partial charge on any atom is 0.227 e. The van der Waals surface area contributed by atoms with Crippen molar-refractivity contribution >= 4 is 5.91 Å². The second kappa shape index (κ2) is 6.18. The Kier molecular flexibility index (Phi) is 4.24. The van der Waals surface area contributed by atoms with Crippen LogP contribution >= 0.6 is 0 Å². The van der Waals surface area contributed by atoms with Gasteiger partial charge in [0.15, 0.2) is 0 Å². The largest absolute Gasteiger partial charge is 0.342 e. The van der Waals surface area contributed by atoms with Gasteiger partial charge in [0.05, 0.1) is 17.8 Å². The van der Waals surface area contributed by atoms with Crippen molar-refractivity contribution in [1.29, 1.82) is 0 Å². The van der Waals surface area contributed by atoms with Gasteiger partial charge in [0.2, 0.25) is 5.91 Å². The fourth-order valence-corrected chi connectivity index (χ4v) is 3.43.